The molecule has 0 spiro atoms. The highest BCUT2D eigenvalue weighted by atomic mass is 16.6. The maximum atomic E-state index is 11.7. The summed E-state index contributed by atoms with van der Waals surface area (Å²) in [6, 6.07) is 0. The molecule has 0 bridgehead atoms. The van der Waals surface area contributed by atoms with Crippen LogP contribution in [0.25, 0.3) is 0 Å². The van der Waals surface area contributed by atoms with E-state index >= 15 is 0 Å². The van der Waals surface area contributed by atoms with Crippen molar-refractivity contribution in [3.63, 3.8) is 0 Å². The minimum atomic E-state index is -0.371. The van der Waals surface area contributed by atoms with Crippen LogP contribution in [0.1, 0.15) is 39.5 Å². The summed E-state index contributed by atoms with van der Waals surface area (Å²) in [5.74, 6) is -0.119. The van der Waals surface area contributed by atoms with E-state index in [0.29, 0.717) is 13.1 Å². The molecule has 0 aromatic heterocycles. The monoisotopic (exact) mass is 242 g/mol. The van der Waals surface area contributed by atoms with Crippen molar-refractivity contribution in [3.05, 3.63) is 0 Å². The van der Waals surface area contributed by atoms with E-state index in [1.165, 1.54) is 4.90 Å². The Hall–Kier alpha value is -1.26. The van der Waals surface area contributed by atoms with Crippen molar-refractivity contribution >= 4 is 12.0 Å². The third-order valence-electron chi connectivity index (χ3n) is 2.81. The number of carbonyl (C=O) groups excluding carboxylic acids is 2. The zero-order valence-electron chi connectivity index (χ0n) is 10.7. The number of ether oxygens (including phenoxy) is 1. The molecule has 0 radical (unpaired) electrons. The van der Waals surface area contributed by atoms with Gasteiger partial charge in [0, 0.05) is 13.1 Å². The van der Waals surface area contributed by atoms with Gasteiger partial charge in [-0.3, -0.25) is 9.69 Å². The molecule has 0 aromatic carbocycles. The van der Waals surface area contributed by atoms with Gasteiger partial charge in [0.2, 0.25) is 5.91 Å². The lowest BCUT2D eigenvalue weighted by molar-refractivity contribution is -0.123. The summed E-state index contributed by atoms with van der Waals surface area (Å²) in [6.07, 6.45) is 3.84. The minimum Gasteiger partial charge on any atom is -0.446 e. The Balaban J connectivity index is 2.25. The molecule has 0 aliphatic carbocycles. The summed E-state index contributed by atoms with van der Waals surface area (Å²) in [6.45, 7) is 5.20. The molecule has 98 valence electrons. The number of amides is 2. The maximum Gasteiger partial charge on any atom is 0.410 e. The van der Waals surface area contributed by atoms with E-state index in [4.69, 9.17) is 4.74 Å². The lowest BCUT2D eigenvalue weighted by Crippen LogP contribution is -2.50. The number of unbranched alkanes of at least 4 members (excludes halogenated alkanes) is 2. The van der Waals surface area contributed by atoms with Crippen molar-refractivity contribution in [2.75, 3.05) is 19.6 Å². The topological polar surface area (TPSA) is 58.6 Å². The first kappa shape index (κ1) is 13.8. The maximum absolute atomic E-state index is 11.7. The second-order valence-electron chi connectivity index (χ2n) is 4.46. The molecule has 2 amide bonds. The Morgan fingerprint density at radius 3 is 2.94 bits per heavy atom. The average Bonchev–Trinajstić information content (AvgIpc) is 2.29. The molecule has 1 atom stereocenters. The quantitative estimate of drug-likeness (QED) is 0.744. The summed E-state index contributed by atoms with van der Waals surface area (Å²) in [4.78, 5) is 24.3. The fourth-order valence-electron chi connectivity index (χ4n) is 1.78. The number of nitrogens with one attached hydrogen (secondary N) is 1. The molecule has 1 unspecified atom stereocenters. The van der Waals surface area contributed by atoms with Gasteiger partial charge in [-0.05, 0) is 19.8 Å². The van der Waals surface area contributed by atoms with Gasteiger partial charge in [0.1, 0.15) is 12.6 Å². The van der Waals surface area contributed by atoms with Gasteiger partial charge < -0.3 is 10.1 Å². The van der Waals surface area contributed by atoms with Gasteiger partial charge in [0.05, 0.1) is 0 Å². The van der Waals surface area contributed by atoms with Crippen molar-refractivity contribution in [2.45, 2.75) is 45.6 Å². The summed E-state index contributed by atoms with van der Waals surface area (Å²) < 4.78 is 5.29. The van der Waals surface area contributed by atoms with Gasteiger partial charge in [0.25, 0.3) is 0 Å². The summed E-state index contributed by atoms with van der Waals surface area (Å²) in [5, 5.41) is 2.67. The van der Waals surface area contributed by atoms with Crippen molar-refractivity contribution in [1.82, 2.24) is 10.2 Å². The molecule has 1 rings (SSSR count). The summed E-state index contributed by atoms with van der Waals surface area (Å²) in [7, 11) is 0. The molecule has 0 aromatic rings. The molecule has 5 nitrogen and oxygen atoms in total. The molecule has 5 heteroatoms. The minimum absolute atomic E-state index is 0.0703. The molecule has 1 fully saturated rings. The van der Waals surface area contributed by atoms with Gasteiger partial charge in [-0.1, -0.05) is 19.8 Å². The van der Waals surface area contributed by atoms with Crippen LogP contribution in [0.3, 0.4) is 0 Å². The average molecular weight is 242 g/mol. The van der Waals surface area contributed by atoms with Gasteiger partial charge in [-0.15, -0.1) is 0 Å². The second-order valence-corrected chi connectivity index (χ2v) is 4.46. The van der Waals surface area contributed by atoms with Crippen molar-refractivity contribution in [2.24, 2.45) is 0 Å². The van der Waals surface area contributed by atoms with E-state index in [9.17, 15) is 9.59 Å². The van der Waals surface area contributed by atoms with E-state index in [2.05, 4.69) is 12.2 Å². The number of rotatable bonds is 5. The normalized spacial score (nSPS) is 17.5. The van der Waals surface area contributed by atoms with Crippen molar-refractivity contribution < 1.29 is 14.3 Å². The van der Waals surface area contributed by atoms with Crippen LogP contribution in [-0.2, 0) is 9.53 Å². The van der Waals surface area contributed by atoms with E-state index in [0.717, 1.165) is 25.7 Å². The zero-order chi connectivity index (χ0) is 12.7. The first-order chi connectivity index (χ1) is 8.13. The smallest absolute Gasteiger partial charge is 0.410 e. The van der Waals surface area contributed by atoms with E-state index in [-0.39, 0.29) is 24.6 Å². The molecule has 1 heterocycles. The van der Waals surface area contributed by atoms with E-state index in [1.54, 1.807) is 0 Å². The predicted molar refractivity (Wildman–Crippen MR) is 64.7 cm³/mol. The zero-order valence-corrected chi connectivity index (χ0v) is 10.7. The third-order valence-corrected chi connectivity index (χ3v) is 2.81. The van der Waals surface area contributed by atoms with Crippen LogP contribution >= 0.6 is 0 Å². The Labute approximate surface area is 102 Å². The summed E-state index contributed by atoms with van der Waals surface area (Å²) >= 11 is 0. The first-order valence-electron chi connectivity index (χ1n) is 6.35. The molecule has 1 N–H and O–H groups in total. The Kier molecular flexibility index (Phi) is 5.80. The van der Waals surface area contributed by atoms with Gasteiger partial charge in [-0.2, -0.15) is 0 Å². The number of hydrogen-bond donors (Lipinski definition) is 1. The van der Waals surface area contributed by atoms with Gasteiger partial charge >= 0.3 is 6.09 Å². The lowest BCUT2D eigenvalue weighted by atomic mass is 10.1. The van der Waals surface area contributed by atoms with Crippen LogP contribution in [0, 0.1) is 0 Å². The molecule has 1 aliphatic heterocycles. The molecule has 0 saturated carbocycles. The highest BCUT2D eigenvalue weighted by molar-refractivity contribution is 5.83. The highest BCUT2D eigenvalue weighted by Gasteiger charge is 2.23. The van der Waals surface area contributed by atoms with Crippen LogP contribution < -0.4 is 5.32 Å². The van der Waals surface area contributed by atoms with Crippen LogP contribution in [0.5, 0.6) is 0 Å². The van der Waals surface area contributed by atoms with Crippen molar-refractivity contribution in [1.29, 1.82) is 0 Å². The van der Waals surface area contributed by atoms with Crippen LogP contribution in [0.15, 0.2) is 0 Å². The number of hydrogen-bond acceptors (Lipinski definition) is 3. The largest absolute Gasteiger partial charge is 0.446 e. The number of nitrogens with zero attached hydrogens (tertiary/aromatic N) is 1. The van der Waals surface area contributed by atoms with E-state index in [1.807, 2.05) is 6.92 Å². The Morgan fingerprint density at radius 2 is 2.29 bits per heavy atom. The molecule has 1 aliphatic rings. The standard InChI is InChI=1S/C12H22N2O3/c1-3-4-5-6-10(2)17-12(16)14-8-7-13-11(15)9-14/h10H,3-9H2,1-2H3,(H,13,15). The Bertz CT molecular complexity index is 268. The predicted octanol–water partition coefficient (Wildman–Crippen LogP) is 1.52. The van der Waals surface area contributed by atoms with E-state index < -0.39 is 0 Å². The molecule has 1 saturated heterocycles. The van der Waals surface area contributed by atoms with Crippen LogP contribution in [0.2, 0.25) is 0 Å². The highest BCUT2D eigenvalue weighted by Crippen LogP contribution is 2.08. The second kappa shape index (κ2) is 7.14. The SMILES string of the molecule is CCCCCC(C)OC(=O)N1CCNC(=O)C1. The first-order valence-corrected chi connectivity index (χ1v) is 6.35. The lowest BCUT2D eigenvalue weighted by Gasteiger charge is -2.27. The third kappa shape index (κ3) is 5.06. The van der Waals surface area contributed by atoms with Gasteiger partial charge in [0.15, 0.2) is 0 Å². The Morgan fingerprint density at radius 1 is 1.53 bits per heavy atom. The van der Waals surface area contributed by atoms with Crippen LogP contribution in [-0.4, -0.2) is 42.6 Å². The molecular weight excluding hydrogens is 220 g/mol. The summed E-state index contributed by atoms with van der Waals surface area (Å²) in [5.41, 5.74) is 0. The van der Waals surface area contributed by atoms with Gasteiger partial charge in [-0.25, -0.2) is 4.79 Å². The fraction of sp³-hybridized carbons (Fsp3) is 0.833. The number of piperazine rings is 1. The van der Waals surface area contributed by atoms with Crippen LogP contribution in [0.4, 0.5) is 4.79 Å². The van der Waals surface area contributed by atoms with Crippen molar-refractivity contribution in [3.8, 4) is 0 Å². The molecular formula is C12H22N2O3. The fourth-order valence-corrected chi connectivity index (χ4v) is 1.78. The number of carbonyl (C=O) groups is 2. The molecule has 17 heavy (non-hydrogen) atoms.